The van der Waals surface area contributed by atoms with Crippen LogP contribution in [0.3, 0.4) is 0 Å². The molecule has 0 atom stereocenters. The van der Waals surface area contributed by atoms with Crippen LogP contribution in [0.2, 0.25) is 5.02 Å². The highest BCUT2D eigenvalue weighted by molar-refractivity contribution is 6.32. The molecule has 2 fully saturated rings. The predicted octanol–water partition coefficient (Wildman–Crippen LogP) is 3.56. The quantitative estimate of drug-likeness (QED) is 0.684. The van der Waals surface area contributed by atoms with Crippen LogP contribution in [0.4, 0.5) is 0 Å². The Hall–Kier alpha value is -2.12. The molecule has 29 heavy (non-hydrogen) atoms. The van der Waals surface area contributed by atoms with Crippen molar-refractivity contribution in [3.05, 3.63) is 40.2 Å². The van der Waals surface area contributed by atoms with E-state index in [1.165, 1.54) is 12.8 Å². The van der Waals surface area contributed by atoms with Crippen molar-refractivity contribution >= 4 is 17.5 Å². The number of aryl methyl sites for hydroxylation is 1. The highest BCUT2D eigenvalue weighted by Gasteiger charge is 2.34. The van der Waals surface area contributed by atoms with Crippen molar-refractivity contribution in [2.75, 3.05) is 26.7 Å². The van der Waals surface area contributed by atoms with E-state index in [9.17, 15) is 4.79 Å². The molecule has 7 nitrogen and oxygen atoms in total. The number of carbonyl (C=O) groups excluding carboxylic acids is 1. The molecule has 2 aromatic rings. The van der Waals surface area contributed by atoms with Crippen LogP contribution in [0.1, 0.15) is 47.4 Å². The third-order valence-electron chi connectivity index (χ3n) is 5.86. The van der Waals surface area contributed by atoms with Crippen LogP contribution in [0.15, 0.2) is 22.8 Å². The average molecular weight is 419 g/mol. The molecule has 1 aromatic heterocycles. The molecule has 0 spiro atoms. The van der Waals surface area contributed by atoms with Crippen LogP contribution in [0, 0.1) is 12.8 Å². The van der Waals surface area contributed by atoms with Crippen LogP contribution >= 0.6 is 11.6 Å². The van der Waals surface area contributed by atoms with Gasteiger partial charge >= 0.3 is 0 Å². The minimum absolute atomic E-state index is 0.137. The lowest BCUT2D eigenvalue weighted by Crippen LogP contribution is -2.42. The molecule has 2 aliphatic rings. The molecule has 1 aromatic carbocycles. The Morgan fingerprint density at radius 1 is 1.31 bits per heavy atom. The number of ether oxygens (including phenoxy) is 1. The van der Waals surface area contributed by atoms with Gasteiger partial charge in [0.1, 0.15) is 11.4 Å². The highest BCUT2D eigenvalue weighted by Crippen LogP contribution is 2.36. The minimum atomic E-state index is -0.161. The zero-order valence-electron chi connectivity index (χ0n) is 16.9. The van der Waals surface area contributed by atoms with Crippen molar-refractivity contribution in [1.29, 1.82) is 0 Å². The minimum Gasteiger partial charge on any atom is -0.489 e. The first-order valence-corrected chi connectivity index (χ1v) is 10.6. The lowest BCUT2D eigenvalue weighted by Gasteiger charge is -2.37. The van der Waals surface area contributed by atoms with Gasteiger partial charge in [-0.1, -0.05) is 28.9 Å². The Morgan fingerprint density at radius 3 is 2.76 bits per heavy atom. The lowest BCUT2D eigenvalue weighted by molar-refractivity contribution is 0.0415. The van der Waals surface area contributed by atoms with Crippen molar-refractivity contribution < 1.29 is 14.2 Å². The summed E-state index contributed by atoms with van der Waals surface area (Å²) in [7, 11) is 1.78. The molecular formula is C21H27ClN4O3. The van der Waals surface area contributed by atoms with Gasteiger partial charge in [-0.2, -0.15) is 0 Å². The van der Waals surface area contributed by atoms with E-state index in [1.807, 2.05) is 12.1 Å². The Morgan fingerprint density at radius 2 is 2.07 bits per heavy atom. The van der Waals surface area contributed by atoms with Crippen LogP contribution in [-0.2, 0) is 6.54 Å². The topological polar surface area (TPSA) is 71.7 Å². The Balaban J connectivity index is 1.27. The van der Waals surface area contributed by atoms with Crippen molar-refractivity contribution in [1.82, 2.24) is 20.1 Å². The Bertz CT molecular complexity index is 859. The second-order valence-electron chi connectivity index (χ2n) is 8.17. The summed E-state index contributed by atoms with van der Waals surface area (Å²) in [6, 6.07) is 6.04. The molecule has 1 aliphatic carbocycles. The number of halogens is 1. The summed E-state index contributed by atoms with van der Waals surface area (Å²) < 4.78 is 10.8. The SMILES string of the molecule is Cc1nonc1C(=O)N(C)CC1CC(Oc2cccc(CN3CCCC3)c2Cl)C1. The first-order chi connectivity index (χ1) is 14.0. The fourth-order valence-electron chi connectivity index (χ4n) is 4.13. The zero-order chi connectivity index (χ0) is 20.4. The van der Waals surface area contributed by atoms with E-state index >= 15 is 0 Å². The molecule has 1 aliphatic heterocycles. The van der Waals surface area contributed by atoms with E-state index in [-0.39, 0.29) is 17.7 Å². The summed E-state index contributed by atoms with van der Waals surface area (Å²) in [4.78, 5) is 16.5. The van der Waals surface area contributed by atoms with E-state index in [4.69, 9.17) is 16.3 Å². The summed E-state index contributed by atoms with van der Waals surface area (Å²) in [6.45, 7) is 5.54. The van der Waals surface area contributed by atoms with Crippen molar-refractivity contribution in [2.24, 2.45) is 5.92 Å². The van der Waals surface area contributed by atoms with Crippen molar-refractivity contribution in [3.63, 3.8) is 0 Å². The number of aromatic nitrogens is 2. The molecular weight excluding hydrogens is 392 g/mol. The van der Waals surface area contributed by atoms with E-state index in [0.29, 0.717) is 18.2 Å². The second kappa shape index (κ2) is 8.71. The number of amides is 1. The van der Waals surface area contributed by atoms with Gasteiger partial charge in [-0.15, -0.1) is 0 Å². The monoisotopic (exact) mass is 418 g/mol. The molecule has 2 heterocycles. The molecule has 1 saturated heterocycles. The number of likely N-dealkylation sites (tertiary alicyclic amines) is 1. The summed E-state index contributed by atoms with van der Waals surface area (Å²) in [5.41, 5.74) is 1.92. The molecule has 0 unspecified atom stereocenters. The van der Waals surface area contributed by atoms with Crippen molar-refractivity contribution in [3.8, 4) is 5.75 Å². The molecule has 8 heteroatoms. The molecule has 0 radical (unpaired) electrons. The number of hydrogen-bond donors (Lipinski definition) is 0. The third kappa shape index (κ3) is 4.56. The number of hydrogen-bond acceptors (Lipinski definition) is 6. The van der Waals surface area contributed by atoms with Gasteiger partial charge in [0.2, 0.25) is 0 Å². The smallest absolute Gasteiger partial charge is 0.277 e. The largest absolute Gasteiger partial charge is 0.489 e. The average Bonchev–Trinajstić information content (AvgIpc) is 3.33. The molecule has 1 amide bonds. The van der Waals surface area contributed by atoms with Gasteiger partial charge in [0.25, 0.3) is 5.91 Å². The predicted molar refractivity (Wildman–Crippen MR) is 109 cm³/mol. The number of benzene rings is 1. The van der Waals surface area contributed by atoms with Crippen molar-refractivity contribution in [2.45, 2.75) is 45.3 Å². The summed E-state index contributed by atoms with van der Waals surface area (Å²) in [5.74, 6) is 1.01. The maximum atomic E-state index is 12.4. The normalized spacial score (nSPS) is 21.8. The van der Waals surface area contributed by atoms with E-state index in [0.717, 1.165) is 48.8 Å². The van der Waals surface area contributed by atoms with Crippen LogP contribution in [0.5, 0.6) is 5.75 Å². The van der Waals surface area contributed by atoms with E-state index < -0.39 is 0 Å². The van der Waals surface area contributed by atoms with Gasteiger partial charge in [0.15, 0.2) is 5.69 Å². The lowest BCUT2D eigenvalue weighted by atomic mass is 9.82. The molecule has 4 rings (SSSR count). The number of rotatable bonds is 7. The van der Waals surface area contributed by atoms with Gasteiger partial charge in [0.05, 0.1) is 11.1 Å². The molecule has 0 bridgehead atoms. The molecule has 1 saturated carbocycles. The number of nitrogens with zero attached hydrogens (tertiary/aromatic N) is 4. The number of carbonyl (C=O) groups is 1. The Kier molecular flexibility index (Phi) is 6.06. The molecule has 156 valence electrons. The van der Waals surface area contributed by atoms with E-state index in [1.54, 1.807) is 18.9 Å². The third-order valence-corrected chi connectivity index (χ3v) is 6.28. The van der Waals surface area contributed by atoms with Crippen LogP contribution < -0.4 is 4.74 Å². The maximum absolute atomic E-state index is 12.4. The van der Waals surface area contributed by atoms with Gasteiger partial charge < -0.3 is 9.64 Å². The first-order valence-electron chi connectivity index (χ1n) is 10.2. The summed E-state index contributed by atoms with van der Waals surface area (Å²) >= 11 is 6.62. The van der Waals surface area contributed by atoms with Gasteiger partial charge in [0, 0.05) is 20.1 Å². The van der Waals surface area contributed by atoms with E-state index in [2.05, 4.69) is 25.9 Å². The Labute approximate surface area is 175 Å². The van der Waals surface area contributed by atoms with Gasteiger partial charge in [-0.05, 0) is 68.4 Å². The zero-order valence-corrected chi connectivity index (χ0v) is 17.7. The fraction of sp³-hybridized carbons (Fsp3) is 0.571. The van der Waals surface area contributed by atoms with Crippen LogP contribution in [-0.4, -0.2) is 58.8 Å². The fourth-order valence-corrected chi connectivity index (χ4v) is 4.36. The second-order valence-corrected chi connectivity index (χ2v) is 8.55. The highest BCUT2D eigenvalue weighted by atomic mass is 35.5. The maximum Gasteiger partial charge on any atom is 0.277 e. The first kappa shape index (κ1) is 20.2. The van der Waals surface area contributed by atoms with Crippen LogP contribution in [0.25, 0.3) is 0 Å². The van der Waals surface area contributed by atoms with Gasteiger partial charge in [-0.3, -0.25) is 9.69 Å². The standard InChI is InChI=1S/C21H27ClN4O3/c1-14-20(24-29-23-14)21(27)25(2)12-15-10-17(11-15)28-18-7-5-6-16(19(18)22)13-26-8-3-4-9-26/h5-7,15,17H,3-4,8-13H2,1-2H3. The summed E-state index contributed by atoms with van der Waals surface area (Å²) in [6.07, 6.45) is 4.47. The summed E-state index contributed by atoms with van der Waals surface area (Å²) in [5, 5.41) is 8.09. The van der Waals surface area contributed by atoms with Gasteiger partial charge in [-0.25, -0.2) is 4.63 Å². The molecule has 0 N–H and O–H groups in total.